The molecule has 4 aromatic heterocycles. The van der Waals surface area contributed by atoms with Crippen LogP contribution in [0.15, 0.2) is 41.1 Å². The molecule has 0 aromatic carbocycles. The maximum absolute atomic E-state index is 11.8. The molecule has 2 bridgehead atoms. The number of carbonyl (C=O) groups excluding carboxylic acids is 1. The van der Waals surface area contributed by atoms with Gasteiger partial charge in [-0.3, -0.25) is 9.69 Å². The van der Waals surface area contributed by atoms with Crippen molar-refractivity contribution >= 4 is 38.7 Å². The predicted molar refractivity (Wildman–Crippen MR) is 116 cm³/mol. The number of rotatable bonds is 4. The number of furan rings is 1. The lowest BCUT2D eigenvalue weighted by molar-refractivity contribution is -0.139. The highest BCUT2D eigenvalue weighted by Gasteiger charge is 2.40. The summed E-state index contributed by atoms with van der Waals surface area (Å²) in [4.78, 5) is 29.4. The summed E-state index contributed by atoms with van der Waals surface area (Å²) < 4.78 is 13.0. The number of hydrogen-bond donors (Lipinski definition) is 0. The molecule has 3 aliphatic heterocycles. The molecule has 7 heterocycles. The number of amides is 1. The van der Waals surface area contributed by atoms with Crippen LogP contribution in [0.3, 0.4) is 0 Å². The number of thiazole rings is 1. The Morgan fingerprint density at radius 3 is 2.97 bits per heavy atom. The first-order valence-electron chi connectivity index (χ1n) is 10.4. The molecule has 3 fully saturated rings. The van der Waals surface area contributed by atoms with Gasteiger partial charge in [-0.15, -0.1) is 0 Å². The molecule has 8 nitrogen and oxygen atoms in total. The first kappa shape index (κ1) is 18.7. The van der Waals surface area contributed by atoms with Crippen molar-refractivity contribution in [2.45, 2.75) is 38.4 Å². The van der Waals surface area contributed by atoms with Crippen molar-refractivity contribution in [2.24, 2.45) is 0 Å². The summed E-state index contributed by atoms with van der Waals surface area (Å²) >= 11 is 1.45. The number of aromatic nitrogens is 3. The summed E-state index contributed by atoms with van der Waals surface area (Å²) in [6.07, 6.45) is 5.62. The van der Waals surface area contributed by atoms with Crippen molar-refractivity contribution in [3.63, 3.8) is 0 Å². The van der Waals surface area contributed by atoms with E-state index < -0.39 is 0 Å². The van der Waals surface area contributed by atoms with E-state index in [1.807, 2.05) is 29.2 Å². The Bertz CT molecular complexity index is 1250. The van der Waals surface area contributed by atoms with Crippen LogP contribution in [0.2, 0.25) is 0 Å². The Labute approximate surface area is 182 Å². The highest BCUT2D eigenvalue weighted by molar-refractivity contribution is 7.20. The number of nitrogens with zero attached hydrogens (tertiary/aromatic N) is 5. The Balaban J connectivity index is 1.19. The molecule has 31 heavy (non-hydrogen) atoms. The van der Waals surface area contributed by atoms with Gasteiger partial charge in [-0.2, -0.15) is 4.98 Å². The van der Waals surface area contributed by atoms with Gasteiger partial charge in [-0.1, -0.05) is 11.3 Å². The van der Waals surface area contributed by atoms with E-state index in [2.05, 4.69) is 19.9 Å². The second kappa shape index (κ2) is 7.28. The molecule has 9 heteroatoms. The second-order valence-electron chi connectivity index (χ2n) is 8.16. The lowest BCUT2D eigenvalue weighted by atomic mass is 9.90. The van der Waals surface area contributed by atoms with Crippen molar-refractivity contribution < 1.29 is 13.9 Å². The van der Waals surface area contributed by atoms with Gasteiger partial charge in [0.2, 0.25) is 5.91 Å². The van der Waals surface area contributed by atoms with Crippen LogP contribution in [0, 0.1) is 0 Å². The maximum atomic E-state index is 11.8. The van der Waals surface area contributed by atoms with Crippen LogP contribution in [-0.4, -0.2) is 55.8 Å². The van der Waals surface area contributed by atoms with E-state index in [-0.39, 0.29) is 5.91 Å². The predicted octanol–water partition coefficient (Wildman–Crippen LogP) is 3.82. The van der Waals surface area contributed by atoms with E-state index in [9.17, 15) is 4.79 Å². The van der Waals surface area contributed by atoms with Gasteiger partial charge < -0.3 is 14.1 Å². The summed E-state index contributed by atoms with van der Waals surface area (Å²) in [5.74, 6) is 1.64. The zero-order valence-electron chi connectivity index (χ0n) is 17.0. The van der Waals surface area contributed by atoms with E-state index in [1.54, 1.807) is 19.3 Å². The summed E-state index contributed by atoms with van der Waals surface area (Å²) in [6, 6.07) is 8.40. The largest absolute Gasteiger partial charge is 0.458 e. The highest BCUT2D eigenvalue weighted by Crippen LogP contribution is 2.33. The minimum Gasteiger partial charge on any atom is -0.458 e. The normalized spacial score (nSPS) is 21.3. The summed E-state index contributed by atoms with van der Waals surface area (Å²) in [7, 11) is 0. The zero-order chi connectivity index (χ0) is 20.9. The molecular formula is C22H21N5O3S. The molecule has 158 valence electrons. The van der Waals surface area contributed by atoms with Gasteiger partial charge in [0, 0.05) is 50.4 Å². The van der Waals surface area contributed by atoms with E-state index in [4.69, 9.17) is 9.15 Å². The molecule has 3 saturated heterocycles. The third-order valence-electron chi connectivity index (χ3n) is 6.15. The molecule has 0 aliphatic carbocycles. The van der Waals surface area contributed by atoms with Crippen molar-refractivity contribution in [1.82, 2.24) is 24.8 Å². The minimum atomic E-state index is 0.179. The summed E-state index contributed by atoms with van der Waals surface area (Å²) in [6.45, 7) is 4.10. The third kappa shape index (κ3) is 3.43. The fourth-order valence-corrected chi connectivity index (χ4v) is 5.47. The van der Waals surface area contributed by atoms with Gasteiger partial charge in [0.25, 0.3) is 5.19 Å². The molecule has 3 aliphatic rings. The summed E-state index contributed by atoms with van der Waals surface area (Å²) in [5.41, 5.74) is 2.18. The Morgan fingerprint density at radius 2 is 2.16 bits per heavy atom. The quantitative estimate of drug-likeness (QED) is 0.482. The number of hydrogen-bond acceptors (Lipinski definition) is 8. The van der Waals surface area contributed by atoms with Gasteiger partial charge in [-0.05, 0) is 25.0 Å². The molecule has 0 radical (unpaired) electrons. The van der Waals surface area contributed by atoms with Crippen LogP contribution in [-0.2, 0) is 11.3 Å². The van der Waals surface area contributed by atoms with Crippen molar-refractivity contribution in [2.75, 3.05) is 13.1 Å². The molecule has 0 spiro atoms. The number of piperidine rings is 2. The van der Waals surface area contributed by atoms with Gasteiger partial charge in [-0.25, -0.2) is 9.97 Å². The van der Waals surface area contributed by atoms with Gasteiger partial charge >= 0.3 is 0 Å². The first-order valence-corrected chi connectivity index (χ1v) is 11.2. The Morgan fingerprint density at radius 1 is 1.26 bits per heavy atom. The van der Waals surface area contributed by atoms with Crippen LogP contribution < -0.4 is 4.74 Å². The molecule has 2 atom stereocenters. The Kier molecular flexibility index (Phi) is 4.39. The molecule has 7 rings (SSSR count). The maximum Gasteiger partial charge on any atom is 0.281 e. The Hall–Kier alpha value is -3.04. The fourth-order valence-electron chi connectivity index (χ4n) is 4.67. The van der Waals surface area contributed by atoms with Gasteiger partial charge in [0.15, 0.2) is 17.0 Å². The van der Waals surface area contributed by atoms with Crippen molar-refractivity contribution in [1.29, 1.82) is 0 Å². The topological polar surface area (TPSA) is 84.6 Å². The average molecular weight is 436 g/mol. The third-order valence-corrected chi connectivity index (χ3v) is 7.04. The van der Waals surface area contributed by atoms with E-state index in [0.29, 0.717) is 34.3 Å². The molecule has 4 aromatic rings. The summed E-state index contributed by atoms with van der Waals surface area (Å²) in [5, 5.41) is 0.529. The van der Waals surface area contributed by atoms with Crippen LogP contribution in [0.4, 0.5) is 0 Å². The number of carbonyl (C=O) groups is 1. The smallest absolute Gasteiger partial charge is 0.281 e. The number of fused-ring (bicyclic) bond motifs is 5. The lowest BCUT2D eigenvalue weighted by Crippen LogP contribution is -2.63. The van der Waals surface area contributed by atoms with Crippen molar-refractivity contribution in [3.05, 3.63) is 42.4 Å². The highest BCUT2D eigenvalue weighted by atomic mass is 32.1. The number of piperazine rings is 1. The number of pyridine rings is 2. The molecule has 0 unspecified atom stereocenters. The van der Waals surface area contributed by atoms with Gasteiger partial charge in [0.1, 0.15) is 11.3 Å². The van der Waals surface area contributed by atoms with E-state index in [0.717, 1.165) is 48.5 Å². The SMILES string of the molecule is CC(=O)N1C[C@H]2CC[C@@H]1CN2Cc1cc2ncc(Oc3nc4ncccc4s3)cc2o1. The number of ether oxygens (including phenoxy) is 1. The van der Waals surface area contributed by atoms with Crippen LogP contribution in [0.25, 0.3) is 21.4 Å². The first-order chi connectivity index (χ1) is 15.1. The molecular weight excluding hydrogens is 414 g/mol. The monoisotopic (exact) mass is 435 g/mol. The average Bonchev–Trinajstić information content (AvgIpc) is 3.36. The van der Waals surface area contributed by atoms with Crippen molar-refractivity contribution in [3.8, 4) is 10.9 Å². The van der Waals surface area contributed by atoms with Crippen LogP contribution in [0.1, 0.15) is 25.5 Å². The second-order valence-corrected chi connectivity index (χ2v) is 9.15. The standard InChI is InChI=1S/C22H21N5O3S/c1-13(28)27-11-14-4-5-15(27)10-26(14)12-17-7-18-19(29-17)8-16(9-24-18)30-22-25-21-20(31-22)3-2-6-23-21/h2-3,6-9,14-15H,4-5,10-12H2,1H3/t14-,15-/m1/s1. The molecule has 0 saturated carbocycles. The van der Waals surface area contributed by atoms with E-state index >= 15 is 0 Å². The zero-order valence-corrected chi connectivity index (χ0v) is 17.8. The van der Waals surface area contributed by atoms with Gasteiger partial charge in [0.05, 0.1) is 17.4 Å². The van der Waals surface area contributed by atoms with Crippen LogP contribution >= 0.6 is 11.3 Å². The van der Waals surface area contributed by atoms with E-state index in [1.165, 1.54) is 11.3 Å². The lowest BCUT2D eigenvalue weighted by Gasteiger charge is -2.51. The molecule has 1 amide bonds. The fraction of sp³-hybridized carbons (Fsp3) is 0.364. The van der Waals surface area contributed by atoms with Crippen LogP contribution in [0.5, 0.6) is 10.9 Å². The molecule has 0 N–H and O–H groups in total. The minimum absolute atomic E-state index is 0.179.